The normalized spacial score (nSPS) is 12.3. The first-order chi connectivity index (χ1) is 7.02. The van der Waals surface area contributed by atoms with Gasteiger partial charge in [-0.05, 0) is 12.8 Å². The molecule has 0 atom stereocenters. The molecule has 0 heterocycles. The lowest BCUT2D eigenvalue weighted by Crippen LogP contribution is -2.31. The van der Waals surface area contributed by atoms with E-state index >= 15 is 0 Å². The maximum absolute atomic E-state index is 10.9. The van der Waals surface area contributed by atoms with E-state index in [1.54, 1.807) is 0 Å². The first kappa shape index (κ1) is 14.9. The first-order valence-electron chi connectivity index (χ1n) is 5.73. The van der Waals surface area contributed by atoms with Gasteiger partial charge in [-0.3, -0.25) is 0 Å². The molecule has 0 bridgehead atoms. The summed E-state index contributed by atoms with van der Waals surface area (Å²) in [5.74, 6) is 0. The maximum atomic E-state index is 10.9. The quantitative estimate of drug-likeness (QED) is 0.577. The van der Waals surface area contributed by atoms with Crippen LogP contribution in [0.25, 0.3) is 0 Å². The average Bonchev–Trinajstić information content (AvgIpc) is 2.14. The third kappa shape index (κ3) is 7.76. The molecule has 0 N–H and O–H groups in total. The minimum absolute atomic E-state index is 0.378. The van der Waals surface area contributed by atoms with Crippen LogP contribution in [0.1, 0.15) is 52.4 Å². The molecule has 0 saturated heterocycles. The second-order valence-corrected chi connectivity index (χ2v) is 5.14. The Hall–Kier alpha value is -0.130. The fourth-order valence-electron chi connectivity index (χ4n) is 1.41. The van der Waals surface area contributed by atoms with Crippen molar-refractivity contribution in [2.75, 3.05) is 13.1 Å². The predicted molar refractivity (Wildman–Crippen MR) is 60.2 cm³/mol. The highest BCUT2D eigenvalue weighted by molar-refractivity contribution is 7.83. The SMILES string of the molecule is CCCCCN(CCCCC)S([O])(=O)=O. The van der Waals surface area contributed by atoms with Crippen molar-refractivity contribution in [3.63, 3.8) is 0 Å². The molecule has 4 nitrogen and oxygen atoms in total. The van der Waals surface area contributed by atoms with Crippen molar-refractivity contribution in [2.45, 2.75) is 52.4 Å². The van der Waals surface area contributed by atoms with Gasteiger partial charge in [-0.1, -0.05) is 44.1 Å². The summed E-state index contributed by atoms with van der Waals surface area (Å²) in [4.78, 5) is 0. The van der Waals surface area contributed by atoms with Crippen LogP contribution < -0.4 is 0 Å². The monoisotopic (exact) mass is 236 g/mol. The molecule has 0 saturated carbocycles. The predicted octanol–water partition coefficient (Wildman–Crippen LogP) is 2.34. The van der Waals surface area contributed by atoms with Crippen molar-refractivity contribution in [1.82, 2.24) is 4.31 Å². The van der Waals surface area contributed by atoms with Crippen molar-refractivity contribution in [2.24, 2.45) is 0 Å². The third-order valence-corrected chi connectivity index (χ3v) is 3.34. The summed E-state index contributed by atoms with van der Waals surface area (Å²) in [6.45, 7) is 4.85. The van der Waals surface area contributed by atoms with E-state index < -0.39 is 10.3 Å². The maximum Gasteiger partial charge on any atom is 0.365 e. The van der Waals surface area contributed by atoms with Gasteiger partial charge in [0.2, 0.25) is 0 Å². The van der Waals surface area contributed by atoms with Gasteiger partial charge in [-0.2, -0.15) is 12.7 Å². The highest BCUT2D eigenvalue weighted by Crippen LogP contribution is 2.06. The van der Waals surface area contributed by atoms with Crippen LogP contribution in [0.5, 0.6) is 0 Å². The Kier molecular flexibility index (Phi) is 8.00. The summed E-state index contributed by atoms with van der Waals surface area (Å²) < 4.78 is 33.7. The lowest BCUT2D eigenvalue weighted by atomic mass is 10.2. The molecular formula is C10H22NO3S. The summed E-state index contributed by atoms with van der Waals surface area (Å²) in [7, 11) is -4.24. The Morgan fingerprint density at radius 3 is 1.53 bits per heavy atom. The van der Waals surface area contributed by atoms with Crippen LogP contribution in [0.15, 0.2) is 0 Å². The zero-order valence-electron chi connectivity index (χ0n) is 9.74. The molecule has 0 rings (SSSR count). The molecular weight excluding hydrogens is 214 g/mol. The molecule has 0 aromatic carbocycles. The first-order valence-corrected chi connectivity index (χ1v) is 7.09. The van der Waals surface area contributed by atoms with E-state index in [4.69, 9.17) is 0 Å². The van der Waals surface area contributed by atoms with E-state index in [2.05, 4.69) is 0 Å². The molecule has 0 aliphatic heterocycles. The van der Waals surface area contributed by atoms with Gasteiger partial charge in [0.05, 0.1) is 0 Å². The molecule has 1 radical (unpaired) electrons. The van der Waals surface area contributed by atoms with Crippen molar-refractivity contribution in [3.8, 4) is 0 Å². The van der Waals surface area contributed by atoms with Crippen LogP contribution in [-0.4, -0.2) is 25.8 Å². The van der Waals surface area contributed by atoms with Crippen molar-refractivity contribution < 1.29 is 13.0 Å². The minimum atomic E-state index is -4.24. The smallest absolute Gasteiger partial charge is 0.179 e. The Morgan fingerprint density at radius 2 is 1.27 bits per heavy atom. The van der Waals surface area contributed by atoms with E-state index in [9.17, 15) is 13.0 Å². The van der Waals surface area contributed by atoms with Gasteiger partial charge >= 0.3 is 10.3 Å². The number of nitrogens with zero attached hydrogens (tertiary/aromatic N) is 1. The van der Waals surface area contributed by atoms with Gasteiger partial charge in [-0.25, -0.2) is 0 Å². The van der Waals surface area contributed by atoms with Crippen LogP contribution in [0.4, 0.5) is 0 Å². The highest BCUT2D eigenvalue weighted by Gasteiger charge is 2.18. The Morgan fingerprint density at radius 1 is 0.867 bits per heavy atom. The van der Waals surface area contributed by atoms with Crippen LogP contribution in [0.3, 0.4) is 0 Å². The van der Waals surface area contributed by atoms with E-state index in [1.165, 1.54) is 0 Å². The van der Waals surface area contributed by atoms with Gasteiger partial charge in [0.15, 0.2) is 0 Å². The van der Waals surface area contributed by atoms with E-state index in [1.807, 2.05) is 13.8 Å². The summed E-state index contributed by atoms with van der Waals surface area (Å²) >= 11 is 0. The fraction of sp³-hybridized carbons (Fsp3) is 1.00. The second-order valence-electron chi connectivity index (χ2n) is 3.77. The number of unbranched alkanes of at least 4 members (excludes halogenated alkanes) is 4. The molecule has 0 unspecified atom stereocenters. The summed E-state index contributed by atoms with van der Waals surface area (Å²) in [5.41, 5.74) is 0. The Labute approximate surface area is 93.5 Å². The average molecular weight is 236 g/mol. The van der Waals surface area contributed by atoms with Gasteiger partial charge in [-0.15, -0.1) is 0 Å². The zero-order chi connectivity index (χ0) is 11.7. The third-order valence-electron chi connectivity index (χ3n) is 2.34. The molecule has 0 spiro atoms. The highest BCUT2D eigenvalue weighted by atomic mass is 32.2. The lowest BCUT2D eigenvalue weighted by Gasteiger charge is -2.16. The number of rotatable bonds is 9. The molecule has 0 aliphatic carbocycles. The zero-order valence-corrected chi connectivity index (χ0v) is 10.6. The van der Waals surface area contributed by atoms with Crippen molar-refractivity contribution in [1.29, 1.82) is 0 Å². The molecule has 0 fully saturated rings. The molecule has 0 aliphatic rings. The summed E-state index contributed by atoms with van der Waals surface area (Å²) in [5, 5.41) is 0. The largest absolute Gasteiger partial charge is 0.365 e. The van der Waals surface area contributed by atoms with Crippen LogP contribution in [-0.2, 0) is 14.9 Å². The topological polar surface area (TPSA) is 57.3 Å². The lowest BCUT2D eigenvalue weighted by molar-refractivity contribution is 0.307. The van der Waals surface area contributed by atoms with Crippen LogP contribution in [0.2, 0.25) is 0 Å². The summed E-state index contributed by atoms with van der Waals surface area (Å²) in [6.07, 6.45) is 5.57. The van der Waals surface area contributed by atoms with E-state index in [0.717, 1.165) is 42.8 Å². The van der Waals surface area contributed by atoms with Gasteiger partial charge < -0.3 is 0 Å². The second kappa shape index (κ2) is 8.07. The Balaban J connectivity index is 3.97. The van der Waals surface area contributed by atoms with Crippen molar-refractivity contribution >= 4 is 10.3 Å². The number of hydrogen-bond donors (Lipinski definition) is 0. The van der Waals surface area contributed by atoms with Crippen LogP contribution in [0, 0.1) is 0 Å². The number of hydrogen-bond acceptors (Lipinski definition) is 2. The summed E-state index contributed by atoms with van der Waals surface area (Å²) in [6, 6.07) is 0. The molecule has 5 heteroatoms. The molecule has 0 aromatic heterocycles. The minimum Gasteiger partial charge on any atom is -0.179 e. The standard InChI is InChI=1S/C10H22NO3S/c1-3-5-7-9-11(15(12,13)14)10-8-6-4-2/h3-10H2,1-2H3. The van der Waals surface area contributed by atoms with E-state index in [-0.39, 0.29) is 0 Å². The molecule has 0 amide bonds. The Bertz CT molecular complexity index is 229. The van der Waals surface area contributed by atoms with Crippen molar-refractivity contribution in [3.05, 3.63) is 0 Å². The fourth-order valence-corrected chi connectivity index (χ4v) is 2.12. The van der Waals surface area contributed by atoms with Gasteiger partial charge in [0, 0.05) is 13.1 Å². The van der Waals surface area contributed by atoms with Gasteiger partial charge in [0.1, 0.15) is 0 Å². The molecule has 0 aromatic rings. The van der Waals surface area contributed by atoms with Gasteiger partial charge in [0.25, 0.3) is 0 Å². The molecule has 15 heavy (non-hydrogen) atoms. The van der Waals surface area contributed by atoms with E-state index in [0.29, 0.717) is 13.1 Å². The molecule has 91 valence electrons. The van der Waals surface area contributed by atoms with Crippen LogP contribution >= 0.6 is 0 Å².